The summed E-state index contributed by atoms with van der Waals surface area (Å²) in [6.07, 6.45) is 2.42. The number of aromatic nitrogens is 2. The molecule has 0 bridgehead atoms. The molecule has 0 radical (unpaired) electrons. The lowest BCUT2D eigenvalue weighted by Gasteiger charge is -2.43. The molecule has 2 fully saturated rings. The fourth-order valence-corrected chi connectivity index (χ4v) is 2.96. The fourth-order valence-electron chi connectivity index (χ4n) is 2.96. The summed E-state index contributed by atoms with van der Waals surface area (Å²) < 4.78 is 0. The van der Waals surface area contributed by atoms with Gasteiger partial charge in [-0.05, 0) is 40.5 Å². The average molecular weight is 289 g/mol. The van der Waals surface area contributed by atoms with Crippen molar-refractivity contribution in [1.29, 1.82) is 0 Å². The lowest BCUT2D eigenvalue weighted by atomic mass is 10.0. The third-order valence-electron chi connectivity index (χ3n) is 4.65. The molecule has 21 heavy (non-hydrogen) atoms. The van der Waals surface area contributed by atoms with Crippen molar-refractivity contribution in [1.82, 2.24) is 14.9 Å². The van der Waals surface area contributed by atoms with Crippen molar-refractivity contribution in [3.05, 3.63) is 11.4 Å². The topological polar surface area (TPSA) is 58.3 Å². The molecular weight excluding hydrogens is 262 g/mol. The molecule has 0 amide bonds. The second-order valence-electron chi connectivity index (χ2n) is 7.33. The van der Waals surface area contributed by atoms with E-state index in [1.165, 1.54) is 12.8 Å². The van der Waals surface area contributed by atoms with Crippen LogP contribution in [0.5, 0.6) is 0 Å². The monoisotopic (exact) mass is 289 g/mol. The van der Waals surface area contributed by atoms with E-state index in [2.05, 4.69) is 35.6 Å². The van der Waals surface area contributed by atoms with E-state index in [1.807, 2.05) is 6.92 Å². The van der Waals surface area contributed by atoms with Crippen LogP contribution in [0.15, 0.2) is 0 Å². The Bertz CT molecular complexity index is 522. The highest BCUT2D eigenvalue weighted by molar-refractivity contribution is 5.57. The van der Waals surface area contributed by atoms with Crippen LogP contribution in [-0.2, 0) is 0 Å². The van der Waals surface area contributed by atoms with E-state index in [9.17, 15) is 0 Å². The summed E-state index contributed by atoms with van der Waals surface area (Å²) >= 11 is 0. The third-order valence-corrected chi connectivity index (χ3v) is 4.65. The van der Waals surface area contributed by atoms with Crippen LogP contribution in [-0.4, -0.2) is 46.6 Å². The molecule has 2 heterocycles. The van der Waals surface area contributed by atoms with Gasteiger partial charge in [0.1, 0.15) is 17.5 Å². The van der Waals surface area contributed by atoms with Gasteiger partial charge in [-0.1, -0.05) is 0 Å². The minimum Gasteiger partial charge on any atom is -0.383 e. The Hall–Kier alpha value is -1.36. The van der Waals surface area contributed by atoms with Crippen LogP contribution in [0.25, 0.3) is 0 Å². The quantitative estimate of drug-likeness (QED) is 0.904. The molecule has 2 aliphatic rings. The molecule has 0 unspecified atom stereocenters. The zero-order chi connectivity index (χ0) is 15.2. The van der Waals surface area contributed by atoms with Gasteiger partial charge in [0.15, 0.2) is 0 Å². The van der Waals surface area contributed by atoms with Crippen molar-refractivity contribution < 1.29 is 0 Å². The summed E-state index contributed by atoms with van der Waals surface area (Å²) in [5, 5.41) is 0. The number of piperazine rings is 1. The number of anilines is 2. The smallest absolute Gasteiger partial charge is 0.137 e. The second kappa shape index (κ2) is 5.13. The molecule has 116 valence electrons. The average Bonchev–Trinajstić information content (AvgIpc) is 3.25. The highest BCUT2D eigenvalue weighted by atomic mass is 15.3. The summed E-state index contributed by atoms with van der Waals surface area (Å²) in [6.45, 7) is 13.1. The van der Waals surface area contributed by atoms with Crippen molar-refractivity contribution in [2.45, 2.75) is 52.0 Å². The van der Waals surface area contributed by atoms with Gasteiger partial charge in [0, 0.05) is 43.2 Å². The third kappa shape index (κ3) is 2.98. The Morgan fingerprint density at radius 3 is 2.19 bits per heavy atom. The van der Waals surface area contributed by atoms with Crippen molar-refractivity contribution in [2.24, 2.45) is 0 Å². The molecule has 1 aliphatic heterocycles. The van der Waals surface area contributed by atoms with Crippen molar-refractivity contribution in [3.8, 4) is 0 Å². The standard InChI is InChI=1S/C16H27N5/c1-11-13(17)18-14(12-5-6-12)19-15(11)20-7-9-21(10-8-20)16(2,3)4/h12H,5-10H2,1-4H3,(H2,17,18,19). The Kier molecular flexibility index (Phi) is 3.56. The number of hydrogen-bond donors (Lipinski definition) is 1. The first-order valence-corrected chi connectivity index (χ1v) is 8.00. The van der Waals surface area contributed by atoms with Crippen molar-refractivity contribution >= 4 is 11.6 Å². The number of rotatable bonds is 2. The highest BCUT2D eigenvalue weighted by Gasteiger charge is 2.30. The van der Waals surface area contributed by atoms with Crippen molar-refractivity contribution in [2.75, 3.05) is 36.8 Å². The highest BCUT2D eigenvalue weighted by Crippen LogP contribution is 2.39. The SMILES string of the molecule is Cc1c(N)nc(C2CC2)nc1N1CCN(C(C)(C)C)CC1. The molecule has 3 rings (SSSR count). The van der Waals surface area contributed by atoms with Gasteiger partial charge in [0.25, 0.3) is 0 Å². The largest absolute Gasteiger partial charge is 0.383 e. The van der Waals surface area contributed by atoms with E-state index in [0.29, 0.717) is 11.7 Å². The lowest BCUT2D eigenvalue weighted by Crippen LogP contribution is -2.53. The zero-order valence-corrected chi connectivity index (χ0v) is 13.7. The first-order chi connectivity index (χ1) is 9.86. The Morgan fingerprint density at radius 2 is 1.67 bits per heavy atom. The van der Waals surface area contributed by atoms with Gasteiger partial charge >= 0.3 is 0 Å². The lowest BCUT2D eigenvalue weighted by molar-refractivity contribution is 0.128. The van der Waals surface area contributed by atoms with Gasteiger partial charge in [-0.15, -0.1) is 0 Å². The number of hydrogen-bond acceptors (Lipinski definition) is 5. The minimum atomic E-state index is 0.241. The van der Waals surface area contributed by atoms with Gasteiger partial charge in [-0.3, -0.25) is 4.90 Å². The van der Waals surface area contributed by atoms with E-state index in [1.54, 1.807) is 0 Å². The van der Waals surface area contributed by atoms with Gasteiger partial charge < -0.3 is 10.6 Å². The van der Waals surface area contributed by atoms with Gasteiger partial charge in [0.2, 0.25) is 0 Å². The second-order valence-corrected chi connectivity index (χ2v) is 7.33. The van der Waals surface area contributed by atoms with Crippen LogP contribution in [0.4, 0.5) is 11.6 Å². The minimum absolute atomic E-state index is 0.241. The maximum atomic E-state index is 6.10. The van der Waals surface area contributed by atoms with Crippen LogP contribution in [0.1, 0.15) is 50.9 Å². The molecule has 1 aliphatic carbocycles. The molecule has 0 spiro atoms. The molecule has 0 atom stereocenters. The van der Waals surface area contributed by atoms with E-state index >= 15 is 0 Å². The molecule has 5 heteroatoms. The van der Waals surface area contributed by atoms with Crippen LogP contribution < -0.4 is 10.6 Å². The predicted octanol–water partition coefficient (Wildman–Crippen LogP) is 2.17. The Morgan fingerprint density at radius 1 is 1.05 bits per heavy atom. The summed E-state index contributed by atoms with van der Waals surface area (Å²) in [7, 11) is 0. The number of nitrogen functional groups attached to an aromatic ring is 1. The van der Waals surface area contributed by atoms with Crippen LogP contribution in [0.3, 0.4) is 0 Å². The number of nitrogens with zero attached hydrogens (tertiary/aromatic N) is 4. The number of nitrogens with two attached hydrogens (primary N) is 1. The molecule has 1 saturated carbocycles. The van der Waals surface area contributed by atoms with Gasteiger partial charge in [-0.25, -0.2) is 9.97 Å². The first-order valence-electron chi connectivity index (χ1n) is 8.00. The molecular formula is C16H27N5. The molecule has 1 saturated heterocycles. The maximum absolute atomic E-state index is 6.10. The zero-order valence-electron chi connectivity index (χ0n) is 13.7. The molecule has 0 aromatic carbocycles. The molecule has 5 nitrogen and oxygen atoms in total. The Labute approximate surface area is 127 Å². The van der Waals surface area contributed by atoms with E-state index in [4.69, 9.17) is 10.7 Å². The van der Waals surface area contributed by atoms with E-state index < -0.39 is 0 Å². The van der Waals surface area contributed by atoms with Crippen LogP contribution in [0.2, 0.25) is 0 Å². The summed E-state index contributed by atoms with van der Waals surface area (Å²) in [5.41, 5.74) is 7.37. The van der Waals surface area contributed by atoms with Crippen LogP contribution in [0, 0.1) is 6.92 Å². The van der Waals surface area contributed by atoms with Crippen LogP contribution >= 0.6 is 0 Å². The van der Waals surface area contributed by atoms with Crippen molar-refractivity contribution in [3.63, 3.8) is 0 Å². The fraction of sp³-hybridized carbons (Fsp3) is 0.750. The maximum Gasteiger partial charge on any atom is 0.137 e. The summed E-state index contributed by atoms with van der Waals surface area (Å²) in [4.78, 5) is 14.2. The molecule has 2 N–H and O–H groups in total. The predicted molar refractivity (Wildman–Crippen MR) is 86.7 cm³/mol. The summed E-state index contributed by atoms with van der Waals surface area (Å²) in [5.74, 6) is 3.20. The van der Waals surface area contributed by atoms with Gasteiger partial charge in [-0.2, -0.15) is 0 Å². The normalized spacial score (nSPS) is 20.9. The Balaban J connectivity index is 1.78. The summed E-state index contributed by atoms with van der Waals surface area (Å²) in [6, 6.07) is 0. The van der Waals surface area contributed by atoms with Gasteiger partial charge in [0.05, 0.1) is 0 Å². The first kappa shape index (κ1) is 14.6. The van der Waals surface area contributed by atoms with E-state index in [0.717, 1.165) is 43.4 Å². The molecule has 1 aromatic rings. The van der Waals surface area contributed by atoms with E-state index in [-0.39, 0.29) is 5.54 Å². The molecule has 1 aromatic heterocycles.